The molecule has 0 atom stereocenters. The van der Waals surface area contributed by atoms with E-state index >= 15 is 0 Å². The minimum atomic E-state index is -3.52. The summed E-state index contributed by atoms with van der Waals surface area (Å²) in [6.07, 6.45) is 2.29. The number of aliphatic hydroxyl groups excluding tert-OH is 1. The minimum Gasteiger partial charge on any atom is -0.393 e. The Morgan fingerprint density at radius 1 is 1.37 bits per heavy atom. The van der Waals surface area contributed by atoms with Crippen molar-refractivity contribution in [2.24, 2.45) is 5.73 Å². The molecule has 1 heterocycles. The third-order valence-electron chi connectivity index (χ3n) is 3.11. The molecule has 4 N–H and O–H groups in total. The lowest BCUT2D eigenvalue weighted by Gasteiger charge is -2.25. The van der Waals surface area contributed by atoms with Gasteiger partial charge < -0.3 is 10.8 Å². The van der Waals surface area contributed by atoms with Crippen molar-refractivity contribution in [1.82, 2.24) is 4.72 Å². The molecule has 5 nitrogen and oxygen atoms in total. The second-order valence-corrected chi connectivity index (χ2v) is 8.07. The first-order valence-corrected chi connectivity index (χ1v) is 8.69. The summed E-state index contributed by atoms with van der Waals surface area (Å²) in [5.41, 5.74) is 5.47. The second kappa shape index (κ2) is 5.84. The number of thiophene rings is 1. The maximum Gasteiger partial charge on any atom is 0.250 e. The Labute approximate surface area is 121 Å². The van der Waals surface area contributed by atoms with Crippen LogP contribution in [-0.4, -0.2) is 30.7 Å². The first-order chi connectivity index (χ1) is 8.88. The van der Waals surface area contributed by atoms with Crippen LogP contribution >= 0.6 is 23.6 Å². The molecular formula is C11H16N2O3S3. The van der Waals surface area contributed by atoms with E-state index in [-0.39, 0.29) is 21.3 Å². The third-order valence-corrected chi connectivity index (χ3v) is 6.59. The molecule has 1 fully saturated rings. The Morgan fingerprint density at radius 3 is 2.53 bits per heavy atom. The van der Waals surface area contributed by atoms with Crippen LogP contribution in [0.4, 0.5) is 0 Å². The van der Waals surface area contributed by atoms with Gasteiger partial charge in [-0.15, -0.1) is 11.3 Å². The summed E-state index contributed by atoms with van der Waals surface area (Å²) in [5, 5.41) is 9.40. The molecule has 0 radical (unpaired) electrons. The SMILES string of the molecule is NC(=S)c1ccc(S(=O)(=O)NC2CCC(O)CC2)s1. The van der Waals surface area contributed by atoms with Gasteiger partial charge in [-0.2, -0.15) is 0 Å². The van der Waals surface area contributed by atoms with Gasteiger partial charge in [-0.3, -0.25) is 0 Å². The summed E-state index contributed by atoms with van der Waals surface area (Å²) >= 11 is 5.89. The summed E-state index contributed by atoms with van der Waals surface area (Å²) in [5.74, 6) is 0. The minimum absolute atomic E-state index is 0.108. The van der Waals surface area contributed by atoms with Gasteiger partial charge in [0, 0.05) is 6.04 Å². The predicted molar refractivity (Wildman–Crippen MR) is 78.8 cm³/mol. The molecule has 106 valence electrons. The molecule has 0 amide bonds. The van der Waals surface area contributed by atoms with Gasteiger partial charge in [0.2, 0.25) is 10.0 Å². The van der Waals surface area contributed by atoms with E-state index in [0.29, 0.717) is 30.6 Å². The lowest BCUT2D eigenvalue weighted by atomic mass is 9.94. The quantitative estimate of drug-likeness (QED) is 0.719. The first kappa shape index (κ1) is 14.9. The molecule has 0 aliphatic heterocycles. The zero-order valence-electron chi connectivity index (χ0n) is 10.2. The molecule has 1 saturated carbocycles. The highest BCUT2D eigenvalue weighted by atomic mass is 32.2. The number of thiocarbonyl (C=S) groups is 1. The van der Waals surface area contributed by atoms with Crippen LogP contribution in [0.3, 0.4) is 0 Å². The predicted octanol–water partition coefficient (Wildman–Crippen LogP) is 0.964. The van der Waals surface area contributed by atoms with Crippen molar-refractivity contribution in [3.8, 4) is 0 Å². The summed E-state index contributed by atoms with van der Waals surface area (Å²) in [7, 11) is -3.52. The molecule has 0 unspecified atom stereocenters. The normalized spacial score (nSPS) is 24.3. The zero-order valence-corrected chi connectivity index (χ0v) is 12.7. The summed E-state index contributed by atoms with van der Waals surface area (Å²) in [6.45, 7) is 0. The van der Waals surface area contributed by atoms with Gasteiger partial charge in [0.05, 0.1) is 11.0 Å². The number of hydrogen-bond acceptors (Lipinski definition) is 5. The fourth-order valence-corrected chi connectivity index (χ4v) is 4.74. The van der Waals surface area contributed by atoms with Gasteiger partial charge in [-0.05, 0) is 37.8 Å². The van der Waals surface area contributed by atoms with E-state index in [4.69, 9.17) is 18.0 Å². The molecule has 0 saturated heterocycles. The molecule has 1 aliphatic rings. The second-order valence-electron chi connectivity index (χ2n) is 4.61. The van der Waals surface area contributed by atoms with Gasteiger partial charge in [-0.1, -0.05) is 12.2 Å². The lowest BCUT2D eigenvalue weighted by Crippen LogP contribution is -2.38. The van der Waals surface area contributed by atoms with Crippen molar-refractivity contribution >= 4 is 38.6 Å². The Bertz CT molecular complexity index is 559. The molecule has 2 rings (SSSR count). The van der Waals surface area contributed by atoms with E-state index in [9.17, 15) is 13.5 Å². The van der Waals surface area contributed by atoms with E-state index in [1.807, 2.05) is 0 Å². The fraction of sp³-hybridized carbons (Fsp3) is 0.545. The molecule has 19 heavy (non-hydrogen) atoms. The average Bonchev–Trinajstić information content (AvgIpc) is 2.82. The van der Waals surface area contributed by atoms with Crippen LogP contribution in [0.25, 0.3) is 0 Å². The van der Waals surface area contributed by atoms with Crippen molar-refractivity contribution in [3.05, 3.63) is 17.0 Å². The number of nitrogens with two attached hydrogens (primary N) is 1. The number of rotatable bonds is 4. The van der Waals surface area contributed by atoms with Crippen molar-refractivity contribution in [2.75, 3.05) is 0 Å². The van der Waals surface area contributed by atoms with Crippen LogP contribution in [-0.2, 0) is 10.0 Å². The van der Waals surface area contributed by atoms with E-state index in [2.05, 4.69) is 4.72 Å². The average molecular weight is 320 g/mol. The number of nitrogens with one attached hydrogen (secondary N) is 1. The van der Waals surface area contributed by atoms with Crippen molar-refractivity contribution in [2.45, 2.75) is 42.0 Å². The van der Waals surface area contributed by atoms with Gasteiger partial charge in [0.15, 0.2) is 0 Å². The van der Waals surface area contributed by atoms with Crippen LogP contribution < -0.4 is 10.5 Å². The first-order valence-electron chi connectivity index (χ1n) is 5.98. The lowest BCUT2D eigenvalue weighted by molar-refractivity contribution is 0.120. The van der Waals surface area contributed by atoms with Gasteiger partial charge in [-0.25, -0.2) is 13.1 Å². The highest BCUT2D eigenvalue weighted by Gasteiger charge is 2.25. The van der Waals surface area contributed by atoms with Crippen LogP contribution in [0, 0.1) is 0 Å². The number of sulfonamides is 1. The van der Waals surface area contributed by atoms with Crippen molar-refractivity contribution in [1.29, 1.82) is 0 Å². The smallest absolute Gasteiger partial charge is 0.250 e. The van der Waals surface area contributed by atoms with E-state index < -0.39 is 10.0 Å². The van der Waals surface area contributed by atoms with Gasteiger partial charge in [0.25, 0.3) is 0 Å². The molecule has 1 aromatic heterocycles. The molecule has 1 aromatic rings. The van der Waals surface area contributed by atoms with E-state index in [1.165, 1.54) is 6.07 Å². The van der Waals surface area contributed by atoms with Crippen molar-refractivity contribution in [3.63, 3.8) is 0 Å². The number of hydrogen-bond donors (Lipinski definition) is 3. The van der Waals surface area contributed by atoms with Crippen molar-refractivity contribution < 1.29 is 13.5 Å². The molecular weight excluding hydrogens is 304 g/mol. The Hall–Kier alpha value is -0.540. The third kappa shape index (κ3) is 3.73. The van der Waals surface area contributed by atoms with Crippen LogP contribution in [0.15, 0.2) is 16.3 Å². The maximum atomic E-state index is 12.2. The number of aliphatic hydroxyl groups is 1. The van der Waals surface area contributed by atoms with Crippen LogP contribution in [0.2, 0.25) is 0 Å². The highest BCUT2D eigenvalue weighted by molar-refractivity contribution is 7.91. The summed E-state index contributed by atoms with van der Waals surface area (Å²) in [6, 6.07) is 3.02. The van der Waals surface area contributed by atoms with Gasteiger partial charge in [0.1, 0.15) is 9.20 Å². The zero-order chi connectivity index (χ0) is 14.0. The monoisotopic (exact) mass is 320 g/mol. The summed E-state index contributed by atoms with van der Waals surface area (Å²) in [4.78, 5) is 0.793. The molecule has 8 heteroatoms. The van der Waals surface area contributed by atoms with Gasteiger partial charge >= 0.3 is 0 Å². The highest BCUT2D eigenvalue weighted by Crippen LogP contribution is 2.24. The standard InChI is InChI=1S/C11H16N2O3S3/c12-11(17)9-5-6-10(18-9)19(15,16)13-7-1-3-8(14)4-2-7/h5-8,13-14H,1-4H2,(H2,12,17). The van der Waals surface area contributed by atoms with Crippen LogP contribution in [0.5, 0.6) is 0 Å². The molecule has 0 aromatic carbocycles. The maximum absolute atomic E-state index is 12.2. The van der Waals surface area contributed by atoms with Crippen LogP contribution in [0.1, 0.15) is 30.6 Å². The fourth-order valence-electron chi connectivity index (χ4n) is 2.07. The van der Waals surface area contributed by atoms with E-state index in [0.717, 1.165) is 11.3 Å². The molecule has 0 spiro atoms. The molecule has 0 bridgehead atoms. The Balaban J connectivity index is 2.07. The largest absolute Gasteiger partial charge is 0.393 e. The Kier molecular flexibility index (Phi) is 4.57. The molecule has 1 aliphatic carbocycles. The topological polar surface area (TPSA) is 92.4 Å². The summed E-state index contributed by atoms with van der Waals surface area (Å²) < 4.78 is 27.2. The van der Waals surface area contributed by atoms with E-state index in [1.54, 1.807) is 6.07 Å². The Morgan fingerprint density at radius 2 is 2.00 bits per heavy atom.